The monoisotopic (exact) mass is 2580 g/mol. The van der Waals surface area contributed by atoms with Gasteiger partial charge in [-0.3, -0.25) is 0 Å². The molecule has 0 spiro atoms. The van der Waals surface area contributed by atoms with Crippen LogP contribution < -0.4 is 0 Å². The van der Waals surface area contributed by atoms with Crippen molar-refractivity contribution in [1.29, 1.82) is 0 Å². The van der Waals surface area contributed by atoms with Crippen molar-refractivity contribution in [2.45, 2.75) is 232 Å². The third-order valence-electron chi connectivity index (χ3n) is 16.4. The molecule has 4 nitrogen and oxygen atoms in total. The molecule has 0 aromatic carbocycles. The Morgan fingerprint density at radius 2 is 0.187 bits per heavy atom. The molecule has 0 aromatic rings. The van der Waals surface area contributed by atoms with Gasteiger partial charge in [0.05, 0.1) is 0 Å². The molecule has 0 radical (unpaired) electrons. The van der Waals surface area contributed by atoms with Gasteiger partial charge in [0.15, 0.2) is 17.3 Å². The third kappa shape index (κ3) is 16.2. The predicted octanol–water partition coefficient (Wildman–Crippen LogP) is 32.4. The summed E-state index contributed by atoms with van der Waals surface area (Å²) in [5, 5.41) is 0. The Balaban J connectivity index is 8.16. The molecule has 0 saturated carbocycles. The van der Waals surface area contributed by atoms with E-state index >= 15 is 35.1 Å². The largest absolute Gasteiger partial charge is 0.431 e. The summed E-state index contributed by atoms with van der Waals surface area (Å²) in [4.78, 5) is 25.3. The smallest absolute Gasteiger partial charge is 0.240 e. The van der Waals surface area contributed by atoms with Crippen LogP contribution in [0, 0.1) is 0 Å². The van der Waals surface area contributed by atoms with Crippen LogP contribution >= 0.6 is 255 Å². The fourth-order valence-corrected chi connectivity index (χ4v) is 13.9. The lowest BCUT2D eigenvalue weighted by Gasteiger charge is -2.51. The fourth-order valence-electron chi connectivity index (χ4n) is 7.89. The minimum absolute atomic E-state index is 1.22. The molecule has 90 heteroatoms. The van der Waals surface area contributed by atoms with Crippen LogP contribution in [0.25, 0.3) is 0 Å². The van der Waals surface area contributed by atoms with Crippen LogP contribution in [-0.4, -0.2) is 244 Å². The molecule has 0 aromatic heterocycles. The Morgan fingerprint density at radius 1 is 0.112 bits per heavy atom. The molecular formula is C44Cl22F64O4. The molecule has 0 heterocycles. The van der Waals surface area contributed by atoms with Crippen molar-refractivity contribution in [2.75, 3.05) is 0 Å². The van der Waals surface area contributed by atoms with E-state index < -0.39 is 244 Å². The normalized spacial score (nSPS) is 17.4. The zero-order valence-electron chi connectivity index (χ0n) is 56.1. The van der Waals surface area contributed by atoms with Gasteiger partial charge in [0.2, 0.25) is 24.9 Å². The molecule has 0 bridgehead atoms. The quantitative estimate of drug-likeness (QED) is 0.0266. The summed E-state index contributed by atoms with van der Waals surface area (Å²) in [6.07, 6.45) is 0. The first-order valence-electron chi connectivity index (χ1n) is 27.7. The Morgan fingerprint density at radius 3 is 0.276 bits per heavy atom. The Hall–Kier alpha value is 0.840. The number of halogens is 86. The predicted molar refractivity (Wildman–Crippen MR) is 327 cm³/mol. The van der Waals surface area contributed by atoms with Crippen LogP contribution in [0.1, 0.15) is 0 Å². The second kappa shape index (κ2) is 34.7. The van der Waals surface area contributed by atoms with Crippen molar-refractivity contribution in [1.82, 2.24) is 0 Å². The number of hydrogen-bond donors (Lipinski definition) is 0. The number of carbonyl (C=O) groups excluding carboxylic acids is 2. The lowest BCUT2D eigenvalue weighted by Crippen LogP contribution is -2.80. The van der Waals surface area contributed by atoms with Crippen LogP contribution in [0.5, 0.6) is 0 Å². The van der Waals surface area contributed by atoms with E-state index in [9.17, 15) is 255 Å². The maximum absolute atomic E-state index is 15.3. The summed E-state index contributed by atoms with van der Waals surface area (Å²) in [7, 11) is 0. The minimum atomic E-state index is -11.0. The molecule has 0 unspecified atom stereocenters. The zero-order chi connectivity index (χ0) is 112. The van der Waals surface area contributed by atoms with Crippen molar-refractivity contribution in [2.24, 2.45) is 0 Å². The molecule has 0 atom stereocenters. The summed E-state index contributed by atoms with van der Waals surface area (Å²) in [5.41, 5.74) is 0. The number of rotatable bonds is 40. The molecular weight excluding hydrogens is 2590 g/mol. The first kappa shape index (κ1) is 135. The highest BCUT2D eigenvalue weighted by Crippen LogP contribution is 2.79. The highest BCUT2D eigenvalue weighted by molar-refractivity contribution is 6.83. The number of hydrogen-bond acceptors (Lipinski definition) is 4. The first-order valence-corrected chi connectivity index (χ1v) is 36.1. The van der Waals surface area contributed by atoms with E-state index in [1.807, 2.05) is 0 Å². The summed E-state index contributed by atoms with van der Waals surface area (Å²) >= 11 is 111. The van der Waals surface area contributed by atoms with Gasteiger partial charge in [-0.05, 0) is 0 Å². The van der Waals surface area contributed by atoms with Crippen molar-refractivity contribution in [3.05, 3.63) is 0 Å². The van der Waals surface area contributed by atoms with E-state index in [1.54, 1.807) is 0 Å². The summed E-state index contributed by atoms with van der Waals surface area (Å²) < 4.78 is 890. The van der Waals surface area contributed by atoms with Gasteiger partial charge in [0, 0.05) is 0 Å². The zero-order valence-corrected chi connectivity index (χ0v) is 72.8. The van der Waals surface area contributed by atoms with Crippen LogP contribution in [0.4, 0.5) is 281 Å². The summed E-state index contributed by atoms with van der Waals surface area (Å²) in [6.45, 7) is 0. The average molecular weight is 2590 g/mol. The third-order valence-corrected chi connectivity index (χ3v) is 30.5. The lowest BCUT2D eigenvalue weighted by molar-refractivity contribution is -0.489. The van der Waals surface area contributed by atoms with E-state index in [0.717, 1.165) is 0 Å². The first-order chi connectivity index (χ1) is 56.0. The van der Waals surface area contributed by atoms with Crippen LogP contribution in [0.2, 0.25) is 0 Å². The van der Waals surface area contributed by atoms with Gasteiger partial charge in [-0.25, -0.2) is 19.4 Å². The average Bonchev–Trinajstić information content (AvgIpc) is 0.673. The molecule has 0 amide bonds. The maximum atomic E-state index is 15.3. The molecule has 134 heavy (non-hydrogen) atoms. The van der Waals surface area contributed by atoms with E-state index in [-0.39, 0.29) is 0 Å². The highest BCUT2D eigenvalue weighted by Gasteiger charge is 3.07. The van der Waals surface area contributed by atoms with Crippen LogP contribution in [0.15, 0.2) is 0 Å². The Kier molecular flexibility index (Phi) is 34.9. The van der Waals surface area contributed by atoms with Gasteiger partial charge in [-0.2, -0.15) is 281 Å². The van der Waals surface area contributed by atoms with Crippen LogP contribution in [0.3, 0.4) is 0 Å². The SMILES string of the molecule is O=C(OOC(=O)C(F)(F)C(F)(F)C(F)(F)C(F)(F)C(F)(F)C(F)(F)C(F)(F)C(F)(F)C(F)(F)C(F)(F)C(F)(F)C(F)(F)C(F)(F)C(F)(F)C(F)(F)C(F)(F)C(Cl)(Cl)C(Cl)(Cl)C(Cl)(Cl)C(Cl)(Cl)C(Cl)(Cl)Cl)C(F)(F)C(F)(F)C(F)(F)C(F)(F)C(F)(F)C(F)(F)C(F)(F)C(F)(F)C(F)(F)C(F)(F)C(F)(F)C(F)(F)C(F)(F)C(F)(F)C(F)(F)C(F)(F)C(Cl)(Cl)C(Cl)(Cl)C(Cl)(Cl)C(Cl)(Cl)C(Cl)(Cl)Cl. The second-order valence-corrected chi connectivity index (χ2v) is 39.9. The van der Waals surface area contributed by atoms with Crippen molar-refractivity contribution >= 4 is 267 Å². The molecule has 0 aliphatic carbocycles. The topological polar surface area (TPSA) is 52.6 Å². The molecule has 0 rings (SSSR count). The van der Waals surface area contributed by atoms with Gasteiger partial charge in [-0.1, -0.05) is 255 Å². The van der Waals surface area contributed by atoms with Gasteiger partial charge in [-0.15, -0.1) is 0 Å². The van der Waals surface area contributed by atoms with Crippen molar-refractivity contribution < 1.29 is 300 Å². The van der Waals surface area contributed by atoms with E-state index in [2.05, 4.69) is 46.4 Å². The lowest BCUT2D eigenvalue weighted by atomic mass is 9.82. The molecule has 0 aliphatic heterocycles. The van der Waals surface area contributed by atoms with Crippen LogP contribution in [-0.2, 0) is 19.4 Å². The molecule has 0 saturated heterocycles. The second-order valence-electron chi connectivity index (χ2n) is 24.7. The van der Waals surface area contributed by atoms with Gasteiger partial charge in [0.25, 0.3) is 0 Å². The summed E-state index contributed by atoms with van der Waals surface area (Å²) in [5.74, 6) is -346. The Labute approximate surface area is 794 Å². The van der Waals surface area contributed by atoms with E-state index in [4.69, 9.17) is 209 Å². The molecule has 802 valence electrons. The number of alkyl halides is 86. The highest BCUT2D eigenvalue weighted by atomic mass is 35.6. The standard InChI is InChI=1S/C44Cl22F64O4/c45-5(46,7(49,50)11(57,58)43(61,62)63)9(53,54)15(75,76)19(83,84)23(91,92)27(99,100)31(107,108)35(115,116)39(123,124)41(127,128)37(119,120)33(111,112)29(103,104)25(95,96)21(87,88)17(79,80)13(71,72)3(67,68)1(131)133-134-2(132)4(69,70)14(73,74)18(81,82)22(89,90)26(97,98)30(105,106)34(113,114)38(121,122)42(129,130)40(125,126)36(117,118)32(109,110)28(101,102)24(93,94)20(85,86)16(77,78)10(55,56)6(47,48)8(51,52)12(59,60)44(64,65)66. The fraction of sp³-hybridized carbons (Fsp3) is 0.955. The molecule has 0 fully saturated rings. The van der Waals surface area contributed by atoms with E-state index in [1.165, 1.54) is 9.78 Å². The molecule has 0 aliphatic rings. The van der Waals surface area contributed by atoms with Crippen molar-refractivity contribution in [3.63, 3.8) is 0 Å². The minimum Gasteiger partial charge on any atom is -0.240 e. The van der Waals surface area contributed by atoms with E-state index in [0.29, 0.717) is 0 Å². The molecule has 0 N–H and O–H groups in total. The Bertz CT molecular complexity index is 4050. The van der Waals surface area contributed by atoms with Gasteiger partial charge < -0.3 is 0 Å². The van der Waals surface area contributed by atoms with Gasteiger partial charge in [0.1, 0.15) is 0 Å². The van der Waals surface area contributed by atoms with Crippen molar-refractivity contribution in [3.8, 4) is 0 Å². The summed E-state index contributed by atoms with van der Waals surface area (Å²) in [6, 6.07) is 0. The van der Waals surface area contributed by atoms with Gasteiger partial charge >= 0.3 is 201 Å². The number of carbonyl (C=O) groups is 2. The maximum Gasteiger partial charge on any atom is 0.431 e.